The number of benzene rings is 1. The van der Waals surface area contributed by atoms with Gasteiger partial charge in [0.1, 0.15) is 11.3 Å². The molecule has 7 heteroatoms. The molecule has 7 nitrogen and oxygen atoms in total. The van der Waals surface area contributed by atoms with Gasteiger partial charge in [0.05, 0.1) is 12.8 Å². The Bertz CT molecular complexity index is 1150. The monoisotopic (exact) mass is 521 g/mol. The average Bonchev–Trinajstić information content (AvgIpc) is 3.23. The topological polar surface area (TPSA) is 64.0 Å². The Morgan fingerprint density at radius 2 is 1.74 bits per heavy atom. The van der Waals surface area contributed by atoms with Crippen molar-refractivity contribution in [2.75, 3.05) is 26.7 Å². The van der Waals surface area contributed by atoms with E-state index in [0.717, 1.165) is 37.3 Å². The highest BCUT2D eigenvalue weighted by molar-refractivity contribution is 5.96. The maximum Gasteiger partial charge on any atom is 0.419 e. The standard InChI is InChI=1S/C31H43N3O4/c1-9-13-26-18-27(29(35)37-8)34(30(36)38-31(5,6)7)28(26)22(2)16-17-32-19-23(3)33(24(4)20-32)21-25-14-11-10-12-15-25/h9-15,18,23-24H,2,16-17,19-21H2,1,3-8H3/b13-9-/t23-,24+. The summed E-state index contributed by atoms with van der Waals surface area (Å²) in [6, 6.07) is 13.1. The van der Waals surface area contributed by atoms with Crippen molar-refractivity contribution in [2.45, 2.75) is 72.2 Å². The van der Waals surface area contributed by atoms with E-state index in [1.165, 1.54) is 17.2 Å². The molecular weight excluding hydrogens is 478 g/mol. The minimum Gasteiger partial charge on any atom is -0.464 e. The summed E-state index contributed by atoms with van der Waals surface area (Å²) in [5, 5.41) is 0. The molecule has 2 heterocycles. The third-order valence-electron chi connectivity index (χ3n) is 6.80. The van der Waals surface area contributed by atoms with Gasteiger partial charge in [-0.15, -0.1) is 0 Å². The molecule has 1 aromatic heterocycles. The normalized spacial score (nSPS) is 19.0. The highest BCUT2D eigenvalue weighted by Crippen LogP contribution is 2.29. The number of ether oxygens (including phenoxy) is 2. The number of hydrogen-bond donors (Lipinski definition) is 0. The zero-order valence-corrected chi connectivity index (χ0v) is 24.0. The summed E-state index contributed by atoms with van der Waals surface area (Å²) in [5.74, 6) is -0.599. The van der Waals surface area contributed by atoms with E-state index in [-0.39, 0.29) is 5.69 Å². The number of nitrogens with zero attached hydrogens (tertiary/aromatic N) is 3. The Hall–Kier alpha value is -3.16. The molecule has 38 heavy (non-hydrogen) atoms. The Morgan fingerprint density at radius 3 is 2.29 bits per heavy atom. The van der Waals surface area contributed by atoms with Gasteiger partial charge in [-0.25, -0.2) is 14.2 Å². The third kappa shape index (κ3) is 7.23. The van der Waals surface area contributed by atoms with Crippen LogP contribution >= 0.6 is 0 Å². The van der Waals surface area contributed by atoms with Crippen LogP contribution in [-0.2, 0) is 16.0 Å². The SMILES string of the molecule is C=C(CCN1C[C@@H](C)N(Cc2ccccc2)[C@@H](C)C1)c1c(/C=C\C)cc(C(=O)OC)n1C(=O)OC(C)(C)C. The van der Waals surface area contributed by atoms with E-state index in [9.17, 15) is 9.59 Å². The van der Waals surface area contributed by atoms with E-state index in [0.29, 0.717) is 24.2 Å². The molecule has 2 aromatic rings. The van der Waals surface area contributed by atoms with Gasteiger partial charge in [0.2, 0.25) is 0 Å². The first-order valence-corrected chi connectivity index (χ1v) is 13.4. The van der Waals surface area contributed by atoms with E-state index in [1.807, 2.05) is 19.1 Å². The Morgan fingerprint density at radius 1 is 1.11 bits per heavy atom. The van der Waals surface area contributed by atoms with Gasteiger partial charge in [0.25, 0.3) is 0 Å². The number of rotatable bonds is 8. The van der Waals surface area contributed by atoms with Crippen LogP contribution in [-0.4, -0.2) is 70.9 Å². The van der Waals surface area contributed by atoms with E-state index in [2.05, 4.69) is 60.6 Å². The Labute approximate surface area is 227 Å². The van der Waals surface area contributed by atoms with Crippen molar-refractivity contribution in [3.8, 4) is 0 Å². The molecule has 0 unspecified atom stereocenters. The van der Waals surface area contributed by atoms with Crippen molar-refractivity contribution in [1.29, 1.82) is 0 Å². The minimum absolute atomic E-state index is 0.128. The fourth-order valence-corrected chi connectivity index (χ4v) is 5.12. The van der Waals surface area contributed by atoms with Gasteiger partial charge in [0, 0.05) is 43.8 Å². The van der Waals surface area contributed by atoms with Crippen LogP contribution in [0.1, 0.15) is 75.3 Å². The van der Waals surface area contributed by atoms with Crippen molar-refractivity contribution in [2.24, 2.45) is 0 Å². The van der Waals surface area contributed by atoms with Crippen LogP contribution < -0.4 is 0 Å². The largest absolute Gasteiger partial charge is 0.464 e. The number of carbonyl (C=O) groups is 2. The van der Waals surface area contributed by atoms with Crippen molar-refractivity contribution >= 4 is 23.7 Å². The van der Waals surface area contributed by atoms with Gasteiger partial charge in [-0.2, -0.15) is 0 Å². The van der Waals surface area contributed by atoms with E-state index < -0.39 is 17.7 Å². The number of methoxy groups -OCH3 is 1. The molecule has 206 valence electrons. The lowest BCUT2D eigenvalue weighted by molar-refractivity contribution is 0.0340. The zero-order valence-electron chi connectivity index (χ0n) is 24.0. The molecule has 1 aliphatic rings. The maximum absolute atomic E-state index is 13.3. The summed E-state index contributed by atoms with van der Waals surface area (Å²) in [6.45, 7) is 19.8. The molecule has 0 saturated carbocycles. The van der Waals surface area contributed by atoms with E-state index in [4.69, 9.17) is 9.47 Å². The number of esters is 1. The fourth-order valence-electron chi connectivity index (χ4n) is 5.12. The Kier molecular flexibility index (Phi) is 9.74. The lowest BCUT2D eigenvalue weighted by Crippen LogP contribution is -2.56. The van der Waals surface area contributed by atoms with Crippen LogP contribution in [0.5, 0.6) is 0 Å². The molecule has 2 atom stereocenters. The van der Waals surface area contributed by atoms with Crippen LogP contribution in [0.3, 0.4) is 0 Å². The zero-order chi connectivity index (χ0) is 28.0. The quantitative estimate of drug-likeness (QED) is 0.392. The number of aromatic nitrogens is 1. The van der Waals surface area contributed by atoms with Crippen molar-refractivity contribution < 1.29 is 19.1 Å². The van der Waals surface area contributed by atoms with Crippen LogP contribution in [0.25, 0.3) is 11.6 Å². The first-order chi connectivity index (χ1) is 17.9. The van der Waals surface area contributed by atoms with Gasteiger partial charge in [0.15, 0.2) is 0 Å². The van der Waals surface area contributed by atoms with Crippen molar-refractivity contribution in [1.82, 2.24) is 14.4 Å². The first kappa shape index (κ1) is 29.4. The average molecular weight is 522 g/mol. The van der Waals surface area contributed by atoms with Gasteiger partial charge in [-0.3, -0.25) is 9.80 Å². The predicted octanol–water partition coefficient (Wildman–Crippen LogP) is 6.09. The summed E-state index contributed by atoms with van der Waals surface area (Å²) in [4.78, 5) is 30.9. The fraction of sp³-hybridized carbons (Fsp3) is 0.484. The molecule has 1 fully saturated rings. The van der Waals surface area contributed by atoms with Crippen LogP contribution in [0.2, 0.25) is 0 Å². The molecule has 0 N–H and O–H groups in total. The first-order valence-electron chi connectivity index (χ1n) is 13.4. The molecule has 3 rings (SSSR count). The molecule has 0 spiro atoms. The predicted molar refractivity (Wildman–Crippen MR) is 153 cm³/mol. The third-order valence-corrected chi connectivity index (χ3v) is 6.80. The second-order valence-corrected chi connectivity index (χ2v) is 11.1. The summed E-state index contributed by atoms with van der Waals surface area (Å²) in [5.41, 5.74) is 2.82. The van der Waals surface area contributed by atoms with Crippen LogP contribution in [0, 0.1) is 0 Å². The summed E-state index contributed by atoms with van der Waals surface area (Å²) >= 11 is 0. The van der Waals surface area contributed by atoms with E-state index in [1.54, 1.807) is 26.8 Å². The number of allylic oxidation sites excluding steroid dienone is 1. The highest BCUT2D eigenvalue weighted by Gasteiger charge is 2.31. The lowest BCUT2D eigenvalue weighted by atomic mass is 10.0. The number of carbonyl (C=O) groups excluding carboxylic acids is 2. The molecule has 0 aliphatic carbocycles. The van der Waals surface area contributed by atoms with E-state index >= 15 is 0 Å². The molecule has 1 aliphatic heterocycles. The van der Waals surface area contributed by atoms with Crippen molar-refractivity contribution in [3.63, 3.8) is 0 Å². The molecule has 1 saturated heterocycles. The molecule has 1 aromatic carbocycles. The van der Waals surface area contributed by atoms with Crippen molar-refractivity contribution in [3.05, 3.63) is 71.6 Å². The van der Waals surface area contributed by atoms with Gasteiger partial charge in [-0.05, 0) is 65.2 Å². The molecule has 0 amide bonds. The molecule has 0 bridgehead atoms. The lowest BCUT2D eigenvalue weighted by Gasteiger charge is -2.44. The maximum atomic E-state index is 13.3. The van der Waals surface area contributed by atoms with Gasteiger partial charge >= 0.3 is 12.1 Å². The Balaban J connectivity index is 1.79. The minimum atomic E-state index is -0.722. The smallest absolute Gasteiger partial charge is 0.419 e. The van der Waals surface area contributed by atoms with Gasteiger partial charge in [-0.1, -0.05) is 49.1 Å². The van der Waals surface area contributed by atoms with Crippen LogP contribution in [0.15, 0.2) is 49.1 Å². The second kappa shape index (κ2) is 12.6. The summed E-state index contributed by atoms with van der Waals surface area (Å²) < 4.78 is 12.0. The summed E-state index contributed by atoms with van der Waals surface area (Å²) in [7, 11) is 1.30. The second-order valence-electron chi connectivity index (χ2n) is 11.1. The molecular formula is C31H43N3O4. The number of piperazine rings is 1. The number of hydrogen-bond acceptors (Lipinski definition) is 6. The van der Waals surface area contributed by atoms with Gasteiger partial charge < -0.3 is 9.47 Å². The highest BCUT2D eigenvalue weighted by atomic mass is 16.6. The van der Waals surface area contributed by atoms with Crippen LogP contribution in [0.4, 0.5) is 4.79 Å². The summed E-state index contributed by atoms with van der Waals surface area (Å²) in [6.07, 6.45) is 3.78. The molecule has 0 radical (unpaired) electrons.